The molecule has 164 valence electrons. The summed E-state index contributed by atoms with van der Waals surface area (Å²) in [5.41, 5.74) is 3.46. The van der Waals surface area contributed by atoms with E-state index in [1.807, 2.05) is 31.2 Å². The van der Waals surface area contributed by atoms with E-state index in [1.165, 1.54) is 37.1 Å². The van der Waals surface area contributed by atoms with Crippen LogP contribution in [-0.4, -0.2) is 35.5 Å². The highest BCUT2D eigenvalue weighted by Gasteiger charge is 2.16. The lowest BCUT2D eigenvalue weighted by molar-refractivity contribution is -0.116. The van der Waals surface area contributed by atoms with Gasteiger partial charge in [-0.15, -0.1) is 0 Å². The molecule has 0 atom stereocenters. The number of likely N-dealkylation sites (tertiary alicyclic amines) is 1. The maximum absolute atomic E-state index is 12.3. The minimum absolute atomic E-state index is 0.0192. The summed E-state index contributed by atoms with van der Waals surface area (Å²) in [4.78, 5) is 19.4. The molecule has 2 heterocycles. The smallest absolute Gasteiger partial charge is 0.226 e. The molecule has 0 saturated carbocycles. The number of piperidine rings is 1. The van der Waals surface area contributed by atoms with Gasteiger partial charge in [0.2, 0.25) is 5.91 Å². The van der Waals surface area contributed by atoms with Gasteiger partial charge in [0, 0.05) is 13.0 Å². The van der Waals surface area contributed by atoms with Crippen molar-refractivity contribution in [2.45, 2.75) is 46.1 Å². The highest BCUT2D eigenvalue weighted by Crippen LogP contribution is 2.28. The predicted octanol–water partition coefficient (Wildman–Crippen LogP) is 5.63. The SMILES string of the molecule is Cc1ccc(OCCCC(=O)Nc2nc3ccc(CN4CCC(C)CC4)cc3s2)cc1. The molecular formula is C25H31N3O2S. The van der Waals surface area contributed by atoms with Crippen molar-refractivity contribution < 1.29 is 9.53 Å². The van der Waals surface area contributed by atoms with E-state index >= 15 is 0 Å². The van der Waals surface area contributed by atoms with Crippen molar-refractivity contribution in [1.82, 2.24) is 9.88 Å². The van der Waals surface area contributed by atoms with Crippen LogP contribution in [0.25, 0.3) is 10.2 Å². The summed E-state index contributed by atoms with van der Waals surface area (Å²) in [5.74, 6) is 1.67. The lowest BCUT2D eigenvalue weighted by atomic mass is 9.99. The van der Waals surface area contributed by atoms with E-state index in [2.05, 4.69) is 40.3 Å². The Labute approximate surface area is 188 Å². The van der Waals surface area contributed by atoms with Crippen LogP contribution in [0.2, 0.25) is 0 Å². The van der Waals surface area contributed by atoms with E-state index in [4.69, 9.17) is 4.74 Å². The Bertz CT molecular complexity index is 1010. The van der Waals surface area contributed by atoms with Crippen LogP contribution in [0.3, 0.4) is 0 Å². The lowest BCUT2D eigenvalue weighted by Gasteiger charge is -2.30. The number of nitrogens with one attached hydrogen (secondary N) is 1. The summed E-state index contributed by atoms with van der Waals surface area (Å²) < 4.78 is 6.82. The normalized spacial score (nSPS) is 15.3. The van der Waals surface area contributed by atoms with E-state index < -0.39 is 0 Å². The first-order valence-electron chi connectivity index (χ1n) is 11.2. The summed E-state index contributed by atoms with van der Waals surface area (Å²) >= 11 is 1.55. The highest BCUT2D eigenvalue weighted by atomic mass is 32.1. The molecule has 0 spiro atoms. The van der Waals surface area contributed by atoms with Gasteiger partial charge in [-0.05, 0) is 75.0 Å². The monoisotopic (exact) mass is 437 g/mol. The second kappa shape index (κ2) is 10.2. The maximum Gasteiger partial charge on any atom is 0.226 e. The highest BCUT2D eigenvalue weighted by molar-refractivity contribution is 7.22. The molecule has 0 aliphatic carbocycles. The van der Waals surface area contributed by atoms with Crippen LogP contribution in [0.1, 0.15) is 43.7 Å². The van der Waals surface area contributed by atoms with Crippen molar-refractivity contribution in [1.29, 1.82) is 0 Å². The third-order valence-corrected chi connectivity index (χ3v) is 6.75. The minimum atomic E-state index is -0.0192. The molecule has 1 N–H and O–H groups in total. The van der Waals surface area contributed by atoms with Gasteiger partial charge in [-0.1, -0.05) is 42.0 Å². The summed E-state index contributed by atoms with van der Waals surface area (Å²) in [6, 6.07) is 14.4. The zero-order valence-electron chi connectivity index (χ0n) is 18.4. The molecule has 0 unspecified atom stereocenters. The average molecular weight is 438 g/mol. The molecule has 1 aromatic heterocycles. The van der Waals surface area contributed by atoms with Crippen molar-refractivity contribution in [2.75, 3.05) is 25.0 Å². The Morgan fingerprint density at radius 2 is 1.97 bits per heavy atom. The van der Waals surface area contributed by atoms with Crippen LogP contribution in [0.5, 0.6) is 5.75 Å². The van der Waals surface area contributed by atoms with Crippen LogP contribution in [-0.2, 0) is 11.3 Å². The first-order chi connectivity index (χ1) is 15.0. The number of thiazole rings is 1. The third kappa shape index (κ3) is 6.28. The molecule has 2 aromatic carbocycles. The van der Waals surface area contributed by atoms with Gasteiger partial charge < -0.3 is 10.1 Å². The van der Waals surface area contributed by atoms with Gasteiger partial charge in [0.15, 0.2) is 5.13 Å². The molecule has 0 radical (unpaired) electrons. The fourth-order valence-corrected chi connectivity index (χ4v) is 4.78. The fourth-order valence-electron chi connectivity index (χ4n) is 3.84. The molecule has 0 bridgehead atoms. The zero-order valence-corrected chi connectivity index (χ0v) is 19.2. The van der Waals surface area contributed by atoms with Gasteiger partial charge in [-0.3, -0.25) is 9.69 Å². The lowest BCUT2D eigenvalue weighted by Crippen LogP contribution is -2.32. The van der Waals surface area contributed by atoms with Gasteiger partial charge in [-0.2, -0.15) is 0 Å². The Hall–Kier alpha value is -2.44. The first kappa shape index (κ1) is 21.8. The number of ether oxygens (including phenoxy) is 1. The molecule has 1 amide bonds. The average Bonchev–Trinajstić information content (AvgIpc) is 3.15. The van der Waals surface area contributed by atoms with Crippen molar-refractivity contribution in [3.63, 3.8) is 0 Å². The van der Waals surface area contributed by atoms with Crippen molar-refractivity contribution >= 4 is 32.6 Å². The number of carbonyl (C=O) groups is 1. The van der Waals surface area contributed by atoms with Gasteiger partial charge >= 0.3 is 0 Å². The Morgan fingerprint density at radius 1 is 1.19 bits per heavy atom. The Kier molecular flexibility index (Phi) is 7.20. The summed E-state index contributed by atoms with van der Waals surface area (Å²) in [6.45, 7) is 8.26. The Morgan fingerprint density at radius 3 is 2.74 bits per heavy atom. The number of amides is 1. The largest absolute Gasteiger partial charge is 0.494 e. The van der Waals surface area contributed by atoms with Crippen LogP contribution in [0.4, 0.5) is 5.13 Å². The molecule has 5 nitrogen and oxygen atoms in total. The van der Waals surface area contributed by atoms with Crippen LogP contribution in [0.15, 0.2) is 42.5 Å². The molecule has 1 fully saturated rings. The third-order valence-electron chi connectivity index (χ3n) is 5.82. The van der Waals surface area contributed by atoms with Crippen molar-refractivity contribution in [3.8, 4) is 5.75 Å². The number of aromatic nitrogens is 1. The topological polar surface area (TPSA) is 54.5 Å². The summed E-state index contributed by atoms with van der Waals surface area (Å²) in [5, 5.41) is 3.62. The Balaban J connectivity index is 1.25. The summed E-state index contributed by atoms with van der Waals surface area (Å²) in [6.07, 6.45) is 3.66. The second-order valence-corrected chi connectivity index (χ2v) is 9.62. The van der Waals surface area contributed by atoms with Gasteiger partial charge in [-0.25, -0.2) is 4.98 Å². The standard InChI is InChI=1S/C25H31N3O2S/c1-18-5-8-21(9-6-18)30-15-3-4-24(29)27-25-26-22-10-7-20(16-23(22)31-25)17-28-13-11-19(2)12-14-28/h5-10,16,19H,3-4,11-15,17H2,1-2H3,(H,26,27,29). The predicted molar refractivity (Wildman–Crippen MR) is 128 cm³/mol. The molecule has 31 heavy (non-hydrogen) atoms. The zero-order chi connectivity index (χ0) is 21.6. The molecule has 1 aliphatic rings. The van der Waals surface area contributed by atoms with E-state index in [0.717, 1.165) is 28.4 Å². The maximum atomic E-state index is 12.3. The number of nitrogens with zero attached hydrogens (tertiary/aromatic N) is 2. The minimum Gasteiger partial charge on any atom is -0.494 e. The van der Waals surface area contributed by atoms with Crippen LogP contribution < -0.4 is 10.1 Å². The number of hydrogen-bond donors (Lipinski definition) is 1. The van der Waals surface area contributed by atoms with Gasteiger partial charge in [0.25, 0.3) is 0 Å². The number of hydrogen-bond acceptors (Lipinski definition) is 5. The number of carbonyl (C=O) groups excluding carboxylic acids is 1. The van der Waals surface area contributed by atoms with Gasteiger partial charge in [0.05, 0.1) is 16.8 Å². The van der Waals surface area contributed by atoms with E-state index in [9.17, 15) is 4.79 Å². The van der Waals surface area contributed by atoms with Crippen LogP contribution >= 0.6 is 11.3 Å². The number of rotatable bonds is 8. The molecule has 3 aromatic rings. The first-order valence-corrected chi connectivity index (χ1v) is 12.0. The van der Waals surface area contributed by atoms with Crippen LogP contribution in [0, 0.1) is 12.8 Å². The second-order valence-electron chi connectivity index (χ2n) is 8.59. The number of fused-ring (bicyclic) bond motifs is 1. The van der Waals surface area contributed by atoms with E-state index in [1.54, 1.807) is 11.3 Å². The fraction of sp³-hybridized carbons (Fsp3) is 0.440. The van der Waals surface area contributed by atoms with Gasteiger partial charge in [0.1, 0.15) is 5.75 Å². The van der Waals surface area contributed by atoms with E-state index in [0.29, 0.717) is 24.6 Å². The molecular weight excluding hydrogens is 406 g/mol. The van der Waals surface area contributed by atoms with E-state index in [-0.39, 0.29) is 5.91 Å². The molecule has 4 rings (SSSR count). The molecule has 6 heteroatoms. The van der Waals surface area contributed by atoms with Crippen molar-refractivity contribution in [2.24, 2.45) is 5.92 Å². The summed E-state index contributed by atoms with van der Waals surface area (Å²) in [7, 11) is 0. The van der Waals surface area contributed by atoms with Crippen molar-refractivity contribution in [3.05, 3.63) is 53.6 Å². The number of anilines is 1. The quantitative estimate of drug-likeness (QED) is 0.464. The molecule has 1 saturated heterocycles. The number of aryl methyl sites for hydroxylation is 1. The number of benzene rings is 2. The molecule has 1 aliphatic heterocycles.